The largest absolute Gasteiger partial charge is 0.375 e. The lowest BCUT2D eigenvalue weighted by Gasteiger charge is -2.09. The summed E-state index contributed by atoms with van der Waals surface area (Å²) in [6.07, 6.45) is 0. The second-order valence-corrected chi connectivity index (χ2v) is 6.78. The average molecular weight is 341 g/mol. The van der Waals surface area contributed by atoms with Crippen molar-refractivity contribution < 1.29 is 26.0 Å². The summed E-state index contributed by atoms with van der Waals surface area (Å²) < 4.78 is 78.0. The van der Waals surface area contributed by atoms with Gasteiger partial charge in [-0.25, -0.2) is 31.0 Å². The quantitative estimate of drug-likeness (QED) is 0.663. The zero-order chi connectivity index (χ0) is 15.9. The molecule has 0 atom stereocenters. The Kier molecular flexibility index (Phi) is 3.80. The van der Waals surface area contributed by atoms with E-state index < -0.39 is 43.2 Å². The maximum absolute atomic E-state index is 13.4. The number of sulfonamides is 1. The first-order chi connectivity index (χ1) is 9.63. The van der Waals surface area contributed by atoms with Crippen molar-refractivity contribution in [2.24, 2.45) is 0 Å². The van der Waals surface area contributed by atoms with E-state index in [2.05, 4.69) is 4.98 Å². The highest BCUT2D eigenvalue weighted by Gasteiger charge is 2.27. The number of nitrogens with one attached hydrogen (secondary N) is 1. The van der Waals surface area contributed by atoms with Crippen LogP contribution in [0.5, 0.6) is 0 Å². The number of rotatable bonds is 3. The molecule has 0 spiro atoms. The summed E-state index contributed by atoms with van der Waals surface area (Å²) in [5.74, 6) is -7.17. The van der Waals surface area contributed by atoms with Gasteiger partial charge in [0.2, 0.25) is 0 Å². The van der Waals surface area contributed by atoms with Crippen LogP contribution in [0.2, 0.25) is 0 Å². The van der Waals surface area contributed by atoms with Crippen molar-refractivity contribution in [2.75, 3.05) is 10.5 Å². The van der Waals surface area contributed by atoms with E-state index in [4.69, 9.17) is 5.73 Å². The van der Waals surface area contributed by atoms with Gasteiger partial charge in [0.25, 0.3) is 10.0 Å². The van der Waals surface area contributed by atoms with Crippen molar-refractivity contribution in [1.82, 2.24) is 4.98 Å². The van der Waals surface area contributed by atoms with E-state index in [9.17, 15) is 26.0 Å². The molecule has 1 aromatic carbocycles. The number of nitrogens with zero attached hydrogens (tertiary/aromatic N) is 1. The van der Waals surface area contributed by atoms with Gasteiger partial charge in [-0.15, -0.1) is 0 Å². The Balaban J connectivity index is 2.54. The topological polar surface area (TPSA) is 85.1 Å². The Morgan fingerprint density at radius 2 is 1.71 bits per heavy atom. The normalized spacial score (nSPS) is 11.7. The smallest absolute Gasteiger partial charge is 0.273 e. The Morgan fingerprint density at radius 1 is 1.19 bits per heavy atom. The van der Waals surface area contributed by atoms with Crippen LogP contribution >= 0.6 is 11.3 Å². The third-order valence-corrected chi connectivity index (χ3v) is 5.31. The molecule has 1 heterocycles. The Bertz CT molecular complexity index is 794. The molecule has 21 heavy (non-hydrogen) atoms. The fraction of sp³-hybridized carbons (Fsp3) is 0.100. The van der Waals surface area contributed by atoms with E-state index in [-0.39, 0.29) is 16.9 Å². The highest BCUT2D eigenvalue weighted by atomic mass is 32.2. The minimum atomic E-state index is -4.49. The molecule has 11 heteroatoms. The molecule has 0 radical (unpaired) electrons. The molecule has 0 amide bonds. The van der Waals surface area contributed by atoms with Gasteiger partial charge in [0.1, 0.15) is 5.69 Å². The predicted octanol–water partition coefficient (Wildman–Crippen LogP) is 2.39. The number of nitrogens with two attached hydrogens (primary N) is 1. The minimum absolute atomic E-state index is 0.0114. The number of hydrogen-bond acceptors (Lipinski definition) is 5. The molecule has 3 N–H and O–H groups in total. The molecule has 0 saturated heterocycles. The Labute approximate surface area is 120 Å². The molecule has 0 unspecified atom stereocenters. The van der Waals surface area contributed by atoms with Gasteiger partial charge < -0.3 is 5.73 Å². The maximum Gasteiger partial charge on any atom is 0.273 e. The van der Waals surface area contributed by atoms with Crippen LogP contribution in [0.3, 0.4) is 0 Å². The molecule has 5 nitrogen and oxygen atoms in total. The van der Waals surface area contributed by atoms with Crippen LogP contribution < -0.4 is 10.5 Å². The van der Waals surface area contributed by atoms with Gasteiger partial charge >= 0.3 is 0 Å². The standard InChI is InChI=1S/C10H7F4N3O2S2/c1-3-9(20-10(15)16-3)21(18,19)17-8-6(13)4(11)2-5(12)7(8)14/h2,17H,1H3,(H2,15,16). The van der Waals surface area contributed by atoms with Crippen LogP contribution in [0, 0.1) is 30.2 Å². The molecule has 2 rings (SSSR count). The molecular weight excluding hydrogens is 334 g/mol. The van der Waals surface area contributed by atoms with Crippen LogP contribution in [0.25, 0.3) is 0 Å². The number of aromatic nitrogens is 1. The maximum atomic E-state index is 13.4. The second kappa shape index (κ2) is 5.15. The number of anilines is 2. The molecule has 114 valence electrons. The molecular formula is C10H7F4N3O2S2. The number of halogens is 4. The van der Waals surface area contributed by atoms with Crippen molar-refractivity contribution in [1.29, 1.82) is 0 Å². The van der Waals surface area contributed by atoms with E-state index in [1.54, 1.807) is 0 Å². The van der Waals surface area contributed by atoms with Crippen molar-refractivity contribution in [3.05, 3.63) is 35.0 Å². The summed E-state index contributed by atoms with van der Waals surface area (Å²) in [7, 11) is -4.49. The number of aryl methyl sites for hydroxylation is 1. The fourth-order valence-electron chi connectivity index (χ4n) is 1.50. The van der Waals surface area contributed by atoms with Gasteiger partial charge in [-0.2, -0.15) is 0 Å². The molecule has 1 aromatic heterocycles. The SMILES string of the molecule is Cc1nc(N)sc1S(=O)(=O)Nc1c(F)c(F)cc(F)c1F. The summed E-state index contributed by atoms with van der Waals surface area (Å²) in [6.45, 7) is 1.31. The zero-order valence-electron chi connectivity index (χ0n) is 10.2. The van der Waals surface area contributed by atoms with Crippen molar-refractivity contribution in [3.63, 3.8) is 0 Å². The first-order valence-electron chi connectivity index (χ1n) is 5.22. The van der Waals surface area contributed by atoms with Crippen molar-refractivity contribution >= 4 is 32.2 Å². The molecule has 0 aliphatic rings. The second-order valence-electron chi connectivity index (χ2n) is 3.87. The van der Waals surface area contributed by atoms with Crippen LogP contribution in [0.1, 0.15) is 5.69 Å². The molecule has 0 aliphatic heterocycles. The molecule has 0 saturated carbocycles. The lowest BCUT2D eigenvalue weighted by molar-refractivity contribution is 0.459. The first-order valence-corrected chi connectivity index (χ1v) is 7.52. The van der Waals surface area contributed by atoms with Gasteiger partial charge in [-0.1, -0.05) is 11.3 Å². The monoisotopic (exact) mass is 341 g/mol. The van der Waals surface area contributed by atoms with E-state index in [1.807, 2.05) is 0 Å². The van der Waals surface area contributed by atoms with Crippen LogP contribution in [0.4, 0.5) is 28.4 Å². The predicted molar refractivity (Wildman–Crippen MR) is 68.3 cm³/mol. The van der Waals surface area contributed by atoms with E-state index in [1.165, 1.54) is 11.6 Å². The fourth-order valence-corrected chi connectivity index (χ4v) is 3.86. The summed E-state index contributed by atoms with van der Waals surface area (Å²) in [5.41, 5.74) is 3.87. The number of benzene rings is 1. The first kappa shape index (κ1) is 15.5. The van der Waals surface area contributed by atoms with Gasteiger partial charge in [-0.3, -0.25) is 4.72 Å². The summed E-state index contributed by atoms with van der Waals surface area (Å²) in [5, 5.41) is -0.0840. The average Bonchev–Trinajstić information content (AvgIpc) is 2.72. The van der Waals surface area contributed by atoms with Crippen LogP contribution in [0.15, 0.2) is 10.3 Å². The third-order valence-electron chi connectivity index (χ3n) is 2.36. The van der Waals surface area contributed by atoms with E-state index in [0.717, 1.165) is 0 Å². The van der Waals surface area contributed by atoms with Crippen molar-refractivity contribution in [2.45, 2.75) is 11.1 Å². The number of nitrogen functional groups attached to an aromatic ring is 1. The summed E-state index contributed by atoms with van der Waals surface area (Å²) in [4.78, 5) is 3.64. The van der Waals surface area contributed by atoms with Crippen LogP contribution in [-0.2, 0) is 10.0 Å². The van der Waals surface area contributed by atoms with Gasteiger partial charge in [0, 0.05) is 6.07 Å². The minimum Gasteiger partial charge on any atom is -0.375 e. The van der Waals surface area contributed by atoms with Crippen molar-refractivity contribution in [3.8, 4) is 0 Å². The number of hydrogen-bond donors (Lipinski definition) is 2. The Hall–Kier alpha value is -1.88. The summed E-state index contributed by atoms with van der Waals surface area (Å²) >= 11 is 0.544. The lowest BCUT2D eigenvalue weighted by atomic mass is 10.3. The number of thiazole rings is 1. The zero-order valence-corrected chi connectivity index (χ0v) is 11.9. The van der Waals surface area contributed by atoms with E-state index >= 15 is 0 Å². The van der Waals surface area contributed by atoms with Gasteiger partial charge in [0.15, 0.2) is 32.6 Å². The Morgan fingerprint density at radius 3 is 2.14 bits per heavy atom. The van der Waals surface area contributed by atoms with Gasteiger partial charge in [-0.05, 0) is 6.92 Å². The summed E-state index contributed by atoms with van der Waals surface area (Å²) in [6, 6.07) is -0.0294. The molecule has 0 fully saturated rings. The van der Waals surface area contributed by atoms with E-state index in [0.29, 0.717) is 11.3 Å². The third kappa shape index (κ3) is 2.78. The van der Waals surface area contributed by atoms with Crippen LogP contribution in [-0.4, -0.2) is 13.4 Å². The molecule has 0 bridgehead atoms. The van der Waals surface area contributed by atoms with Gasteiger partial charge in [0.05, 0.1) is 5.69 Å². The highest BCUT2D eigenvalue weighted by Crippen LogP contribution is 2.30. The lowest BCUT2D eigenvalue weighted by Crippen LogP contribution is -2.16. The molecule has 2 aromatic rings. The highest BCUT2D eigenvalue weighted by molar-refractivity contribution is 7.94. The molecule has 0 aliphatic carbocycles.